The molecule has 4 rings (SSSR count). The van der Waals surface area contributed by atoms with Crippen LogP contribution >= 0.6 is 11.3 Å². The minimum absolute atomic E-state index is 0.0933. The first-order chi connectivity index (χ1) is 14.6. The monoisotopic (exact) mass is 429 g/mol. The van der Waals surface area contributed by atoms with Gasteiger partial charge in [0.1, 0.15) is 0 Å². The Labute approximate surface area is 182 Å². The molecule has 0 bridgehead atoms. The number of carbonyl (C=O) groups is 1. The predicted molar refractivity (Wildman–Crippen MR) is 119 cm³/mol. The molecule has 1 N–H and O–H groups in total. The molecule has 162 valence electrons. The lowest BCUT2D eigenvalue weighted by molar-refractivity contribution is -0.116. The highest BCUT2D eigenvalue weighted by molar-refractivity contribution is 7.13. The van der Waals surface area contributed by atoms with Gasteiger partial charge in [0.05, 0.1) is 19.9 Å². The van der Waals surface area contributed by atoms with Crippen molar-refractivity contribution in [2.75, 3.05) is 26.1 Å². The van der Waals surface area contributed by atoms with Crippen LogP contribution in [-0.4, -0.2) is 36.6 Å². The van der Waals surface area contributed by atoms with E-state index in [-0.39, 0.29) is 5.91 Å². The average molecular weight is 430 g/mol. The van der Waals surface area contributed by atoms with E-state index >= 15 is 0 Å². The van der Waals surface area contributed by atoms with E-state index in [9.17, 15) is 4.79 Å². The van der Waals surface area contributed by atoms with Crippen molar-refractivity contribution >= 4 is 22.4 Å². The van der Waals surface area contributed by atoms with E-state index in [1.54, 1.807) is 14.2 Å². The van der Waals surface area contributed by atoms with E-state index in [4.69, 9.17) is 9.47 Å². The molecule has 6 nitrogen and oxygen atoms in total. The van der Waals surface area contributed by atoms with Crippen molar-refractivity contribution in [1.29, 1.82) is 0 Å². The highest BCUT2D eigenvalue weighted by atomic mass is 32.1. The molecule has 2 aliphatic rings. The molecule has 0 spiro atoms. The van der Waals surface area contributed by atoms with Gasteiger partial charge in [0.2, 0.25) is 5.91 Å². The Morgan fingerprint density at radius 3 is 2.67 bits per heavy atom. The second kappa shape index (κ2) is 9.79. The molecule has 1 aliphatic carbocycles. The SMILES string of the molecule is COc1cc2c(cc1OC)CN(Cc1csc(NC(=O)CCC3CCCC3)n1)CC2. The lowest BCUT2D eigenvalue weighted by Crippen LogP contribution is -2.30. The normalized spacial score (nSPS) is 17.0. The zero-order valence-electron chi connectivity index (χ0n) is 17.9. The topological polar surface area (TPSA) is 63.7 Å². The van der Waals surface area contributed by atoms with Crippen LogP contribution in [0.3, 0.4) is 0 Å². The molecule has 0 atom stereocenters. The standard InChI is InChI=1S/C23H31N3O3S/c1-28-20-11-17-9-10-26(13-18(17)12-21(20)29-2)14-19-15-30-23(24-19)25-22(27)8-7-16-5-3-4-6-16/h11-12,15-16H,3-10,13-14H2,1-2H3,(H,24,25,27). The summed E-state index contributed by atoms with van der Waals surface area (Å²) < 4.78 is 10.9. The van der Waals surface area contributed by atoms with E-state index in [0.29, 0.717) is 11.6 Å². The fourth-order valence-electron chi connectivity index (χ4n) is 4.56. The lowest BCUT2D eigenvalue weighted by atomic mass is 9.98. The molecule has 30 heavy (non-hydrogen) atoms. The number of ether oxygens (including phenoxy) is 2. The van der Waals surface area contributed by atoms with E-state index < -0.39 is 0 Å². The Bertz CT molecular complexity index is 877. The maximum atomic E-state index is 12.2. The molecular formula is C23H31N3O3S. The quantitative estimate of drug-likeness (QED) is 0.663. The van der Waals surface area contributed by atoms with Crippen molar-refractivity contribution in [3.05, 3.63) is 34.3 Å². The summed E-state index contributed by atoms with van der Waals surface area (Å²) in [5, 5.41) is 5.75. The third-order valence-electron chi connectivity index (χ3n) is 6.24. The molecule has 0 unspecified atom stereocenters. The second-order valence-corrected chi connectivity index (χ2v) is 9.18. The van der Waals surface area contributed by atoms with Gasteiger partial charge >= 0.3 is 0 Å². The zero-order valence-corrected chi connectivity index (χ0v) is 18.7. The smallest absolute Gasteiger partial charge is 0.226 e. The summed E-state index contributed by atoms with van der Waals surface area (Å²) >= 11 is 1.51. The first kappa shape index (κ1) is 21.1. The summed E-state index contributed by atoms with van der Waals surface area (Å²) in [7, 11) is 3.34. The molecule has 1 fully saturated rings. The number of rotatable bonds is 8. The minimum Gasteiger partial charge on any atom is -0.493 e. The van der Waals surface area contributed by atoms with Gasteiger partial charge in [-0.3, -0.25) is 9.69 Å². The van der Waals surface area contributed by atoms with Gasteiger partial charge in [-0.1, -0.05) is 25.7 Å². The molecule has 0 radical (unpaired) electrons. The van der Waals surface area contributed by atoms with Gasteiger partial charge < -0.3 is 14.8 Å². The second-order valence-electron chi connectivity index (χ2n) is 8.32. The first-order valence-corrected chi connectivity index (χ1v) is 11.7. The van der Waals surface area contributed by atoms with Crippen LogP contribution in [0.1, 0.15) is 55.3 Å². The number of benzene rings is 1. The number of fused-ring (bicyclic) bond motifs is 1. The van der Waals surface area contributed by atoms with Gasteiger partial charge in [0.25, 0.3) is 0 Å². The zero-order chi connectivity index (χ0) is 20.9. The van der Waals surface area contributed by atoms with Crippen LogP contribution in [0.15, 0.2) is 17.5 Å². The van der Waals surface area contributed by atoms with E-state index in [0.717, 1.165) is 55.6 Å². The lowest BCUT2D eigenvalue weighted by Gasteiger charge is -2.29. The molecule has 1 saturated carbocycles. The average Bonchev–Trinajstić information content (AvgIpc) is 3.43. The van der Waals surface area contributed by atoms with Crippen LogP contribution in [0.2, 0.25) is 0 Å². The van der Waals surface area contributed by atoms with Gasteiger partial charge in [-0.15, -0.1) is 11.3 Å². The number of amides is 1. The number of carbonyl (C=O) groups excluding carboxylic acids is 1. The molecule has 1 amide bonds. The van der Waals surface area contributed by atoms with Crippen molar-refractivity contribution in [2.45, 2.75) is 58.0 Å². The molecule has 1 aliphatic heterocycles. The van der Waals surface area contributed by atoms with Gasteiger partial charge in [-0.05, 0) is 42.0 Å². The number of thiazole rings is 1. The maximum absolute atomic E-state index is 12.2. The fourth-order valence-corrected chi connectivity index (χ4v) is 5.28. The Kier molecular flexibility index (Phi) is 6.89. The van der Waals surface area contributed by atoms with E-state index in [1.165, 1.54) is 48.1 Å². The Hall–Kier alpha value is -2.12. The summed E-state index contributed by atoms with van der Waals surface area (Å²) in [5.74, 6) is 2.39. The molecule has 1 aromatic carbocycles. The van der Waals surface area contributed by atoms with Crippen LogP contribution in [0, 0.1) is 5.92 Å². The first-order valence-electron chi connectivity index (χ1n) is 10.8. The third kappa shape index (κ3) is 5.13. The molecule has 2 aromatic rings. The summed E-state index contributed by atoms with van der Waals surface area (Å²) in [5.41, 5.74) is 3.60. The number of methoxy groups -OCH3 is 2. The van der Waals surface area contributed by atoms with Gasteiger partial charge in [0, 0.05) is 31.4 Å². The largest absolute Gasteiger partial charge is 0.493 e. The summed E-state index contributed by atoms with van der Waals surface area (Å²) in [6, 6.07) is 4.17. The van der Waals surface area contributed by atoms with Gasteiger partial charge in [-0.25, -0.2) is 4.98 Å². The summed E-state index contributed by atoms with van der Waals surface area (Å²) in [6.07, 6.45) is 7.80. The van der Waals surface area contributed by atoms with E-state index in [2.05, 4.69) is 32.7 Å². The fraction of sp³-hybridized carbons (Fsp3) is 0.565. The molecule has 7 heteroatoms. The van der Waals surface area contributed by atoms with Crippen molar-refractivity contribution in [1.82, 2.24) is 9.88 Å². The highest BCUT2D eigenvalue weighted by Gasteiger charge is 2.21. The van der Waals surface area contributed by atoms with Gasteiger partial charge in [-0.2, -0.15) is 0 Å². The molecular weight excluding hydrogens is 398 g/mol. The third-order valence-corrected chi connectivity index (χ3v) is 7.04. The number of nitrogens with one attached hydrogen (secondary N) is 1. The van der Waals surface area contributed by atoms with Crippen LogP contribution in [0.4, 0.5) is 5.13 Å². The van der Waals surface area contributed by atoms with Crippen molar-refractivity contribution < 1.29 is 14.3 Å². The van der Waals surface area contributed by atoms with Crippen LogP contribution in [0.25, 0.3) is 0 Å². The summed E-state index contributed by atoms with van der Waals surface area (Å²) in [4.78, 5) is 19.3. The van der Waals surface area contributed by atoms with Crippen molar-refractivity contribution in [3.63, 3.8) is 0 Å². The highest BCUT2D eigenvalue weighted by Crippen LogP contribution is 2.34. The van der Waals surface area contributed by atoms with Crippen LogP contribution in [-0.2, 0) is 24.3 Å². The summed E-state index contributed by atoms with van der Waals surface area (Å²) in [6.45, 7) is 2.61. The van der Waals surface area contributed by atoms with Crippen molar-refractivity contribution in [3.8, 4) is 11.5 Å². The number of nitrogens with zero attached hydrogens (tertiary/aromatic N) is 2. The molecule has 1 aromatic heterocycles. The number of anilines is 1. The number of hydrogen-bond donors (Lipinski definition) is 1. The Balaban J connectivity index is 1.30. The maximum Gasteiger partial charge on any atom is 0.226 e. The molecule has 0 saturated heterocycles. The van der Waals surface area contributed by atoms with Crippen molar-refractivity contribution in [2.24, 2.45) is 5.92 Å². The predicted octanol–water partition coefficient (Wildman–Crippen LogP) is 4.63. The Morgan fingerprint density at radius 1 is 1.20 bits per heavy atom. The van der Waals surface area contributed by atoms with Crippen LogP contribution < -0.4 is 14.8 Å². The number of hydrogen-bond acceptors (Lipinski definition) is 6. The van der Waals surface area contributed by atoms with Crippen LogP contribution in [0.5, 0.6) is 11.5 Å². The Morgan fingerprint density at radius 2 is 1.93 bits per heavy atom. The van der Waals surface area contributed by atoms with Gasteiger partial charge in [0.15, 0.2) is 16.6 Å². The van der Waals surface area contributed by atoms with E-state index in [1.807, 2.05) is 0 Å². The minimum atomic E-state index is 0.0933. The number of aromatic nitrogens is 1. The molecule has 2 heterocycles.